The van der Waals surface area contributed by atoms with Crippen LogP contribution in [0.15, 0.2) is 12.2 Å². The number of carbonyl (C=O) groups is 3. The van der Waals surface area contributed by atoms with Crippen LogP contribution in [0.1, 0.15) is 380 Å². The van der Waals surface area contributed by atoms with Crippen molar-refractivity contribution in [3.05, 3.63) is 12.2 Å². The van der Waals surface area contributed by atoms with Gasteiger partial charge in [0.2, 0.25) is 0 Å². The van der Waals surface area contributed by atoms with Gasteiger partial charge in [0.05, 0.1) is 0 Å². The molecule has 0 amide bonds. The largest absolute Gasteiger partial charge is 0.462 e. The molecule has 0 aliphatic carbocycles. The standard InChI is InChI=1S/C67H128O6/c1-4-7-10-13-16-19-22-25-28-30-32-34-36-37-39-42-45-48-51-54-57-60-66(69)72-63-64(62-71-65(68)59-56-53-50-47-44-41-27-24-21-18-15-12-9-6-3)73-67(70)61-58-55-52-49-46-43-40-38-35-33-31-29-26-23-20-17-14-11-8-5-2/h24,27,64H,4-23,25-26,28-63H2,1-3H3/b27-24-. The molecule has 432 valence electrons. The van der Waals surface area contributed by atoms with Crippen LogP contribution in [0.5, 0.6) is 0 Å². The van der Waals surface area contributed by atoms with Crippen molar-refractivity contribution in [2.75, 3.05) is 13.2 Å². The van der Waals surface area contributed by atoms with E-state index in [4.69, 9.17) is 14.2 Å². The number of unbranched alkanes of at least 4 members (excludes halogenated alkanes) is 49. The average Bonchev–Trinajstić information content (AvgIpc) is 3.39. The zero-order chi connectivity index (χ0) is 52.9. The van der Waals surface area contributed by atoms with Crippen molar-refractivity contribution < 1.29 is 28.6 Å². The van der Waals surface area contributed by atoms with Gasteiger partial charge in [-0.25, -0.2) is 0 Å². The van der Waals surface area contributed by atoms with E-state index in [1.807, 2.05) is 0 Å². The first-order chi connectivity index (χ1) is 36.0. The second kappa shape index (κ2) is 62.7. The topological polar surface area (TPSA) is 78.9 Å². The molecule has 1 atom stereocenters. The van der Waals surface area contributed by atoms with Gasteiger partial charge in [-0.2, -0.15) is 0 Å². The molecular weight excluding hydrogens is 901 g/mol. The molecule has 0 spiro atoms. The lowest BCUT2D eigenvalue weighted by Crippen LogP contribution is -2.30. The van der Waals surface area contributed by atoms with Gasteiger partial charge in [0.1, 0.15) is 13.2 Å². The predicted octanol–water partition coefficient (Wildman–Crippen LogP) is 22.4. The normalized spacial score (nSPS) is 12.0. The Morgan fingerprint density at radius 1 is 0.260 bits per heavy atom. The van der Waals surface area contributed by atoms with Crippen LogP contribution in [-0.2, 0) is 28.6 Å². The van der Waals surface area contributed by atoms with Gasteiger partial charge in [0.25, 0.3) is 0 Å². The minimum Gasteiger partial charge on any atom is -0.462 e. The second-order valence-electron chi connectivity index (χ2n) is 22.7. The zero-order valence-electron chi connectivity index (χ0n) is 49.7. The Bertz CT molecular complexity index is 1130. The summed E-state index contributed by atoms with van der Waals surface area (Å²) in [5, 5.41) is 0. The van der Waals surface area contributed by atoms with Crippen molar-refractivity contribution >= 4 is 17.9 Å². The van der Waals surface area contributed by atoms with Gasteiger partial charge >= 0.3 is 17.9 Å². The van der Waals surface area contributed by atoms with Crippen LogP contribution < -0.4 is 0 Å². The van der Waals surface area contributed by atoms with Gasteiger partial charge in [-0.15, -0.1) is 0 Å². The maximum Gasteiger partial charge on any atom is 0.306 e. The fourth-order valence-corrected chi connectivity index (χ4v) is 10.3. The highest BCUT2D eigenvalue weighted by Gasteiger charge is 2.19. The third-order valence-corrected chi connectivity index (χ3v) is 15.3. The molecule has 0 fully saturated rings. The van der Waals surface area contributed by atoms with E-state index in [2.05, 4.69) is 32.9 Å². The van der Waals surface area contributed by atoms with Crippen LogP contribution >= 0.6 is 0 Å². The molecule has 0 N–H and O–H groups in total. The highest BCUT2D eigenvalue weighted by Crippen LogP contribution is 2.18. The maximum absolute atomic E-state index is 12.9. The Morgan fingerprint density at radius 3 is 0.685 bits per heavy atom. The molecule has 0 aromatic carbocycles. The van der Waals surface area contributed by atoms with E-state index >= 15 is 0 Å². The summed E-state index contributed by atoms with van der Waals surface area (Å²) in [6.07, 6.45) is 73.7. The van der Waals surface area contributed by atoms with Crippen molar-refractivity contribution in [3.8, 4) is 0 Å². The minimum absolute atomic E-state index is 0.0658. The molecule has 1 unspecified atom stereocenters. The van der Waals surface area contributed by atoms with E-state index in [1.165, 1.54) is 276 Å². The molecule has 6 heteroatoms. The van der Waals surface area contributed by atoms with Crippen LogP contribution in [0.25, 0.3) is 0 Å². The molecular formula is C67H128O6. The fraction of sp³-hybridized carbons (Fsp3) is 0.925. The highest BCUT2D eigenvalue weighted by atomic mass is 16.6. The summed E-state index contributed by atoms with van der Waals surface area (Å²) in [6.45, 7) is 6.71. The maximum atomic E-state index is 12.9. The second-order valence-corrected chi connectivity index (χ2v) is 22.7. The fourth-order valence-electron chi connectivity index (χ4n) is 10.3. The summed E-state index contributed by atoms with van der Waals surface area (Å²) in [5.74, 6) is -0.842. The van der Waals surface area contributed by atoms with Crippen LogP contribution in [-0.4, -0.2) is 37.2 Å². The van der Waals surface area contributed by atoms with Crippen molar-refractivity contribution in [1.29, 1.82) is 0 Å². The lowest BCUT2D eigenvalue weighted by molar-refractivity contribution is -0.167. The SMILES string of the molecule is CCCCCCC/C=C\CCCCCCCC(=O)OCC(COC(=O)CCCCCCCCCCCCCCCCCCCCCCC)OC(=O)CCCCCCCCCCCCCCCCCCCCCC. The predicted molar refractivity (Wildman–Crippen MR) is 317 cm³/mol. The summed E-state index contributed by atoms with van der Waals surface area (Å²) in [4.78, 5) is 38.3. The van der Waals surface area contributed by atoms with Gasteiger partial charge in [-0.05, 0) is 44.9 Å². The van der Waals surface area contributed by atoms with E-state index in [0.717, 1.165) is 64.2 Å². The number of hydrogen-bond acceptors (Lipinski definition) is 6. The third-order valence-electron chi connectivity index (χ3n) is 15.3. The summed E-state index contributed by atoms with van der Waals surface area (Å²) < 4.78 is 17.0. The van der Waals surface area contributed by atoms with E-state index in [0.29, 0.717) is 19.3 Å². The third kappa shape index (κ3) is 60.9. The zero-order valence-corrected chi connectivity index (χ0v) is 49.7. The van der Waals surface area contributed by atoms with Crippen LogP contribution in [0.3, 0.4) is 0 Å². The summed E-state index contributed by atoms with van der Waals surface area (Å²) >= 11 is 0. The number of rotatable bonds is 62. The molecule has 0 saturated heterocycles. The lowest BCUT2D eigenvalue weighted by atomic mass is 10.0. The summed E-state index contributed by atoms with van der Waals surface area (Å²) in [7, 11) is 0. The van der Waals surface area contributed by atoms with Crippen LogP contribution in [0.2, 0.25) is 0 Å². The number of carbonyl (C=O) groups excluding carboxylic acids is 3. The molecule has 0 aromatic heterocycles. The molecule has 6 nitrogen and oxygen atoms in total. The quantitative estimate of drug-likeness (QED) is 0.0261. The number of allylic oxidation sites excluding steroid dienone is 2. The molecule has 0 saturated carbocycles. The number of esters is 3. The van der Waals surface area contributed by atoms with Crippen molar-refractivity contribution in [2.24, 2.45) is 0 Å². The molecule has 0 heterocycles. The first-order valence-corrected chi connectivity index (χ1v) is 33.2. The Labute approximate surface area is 456 Å². The van der Waals surface area contributed by atoms with Crippen molar-refractivity contribution in [1.82, 2.24) is 0 Å². The Morgan fingerprint density at radius 2 is 0.452 bits per heavy atom. The monoisotopic (exact) mass is 1030 g/mol. The van der Waals surface area contributed by atoms with Gasteiger partial charge < -0.3 is 14.2 Å². The Kier molecular flexibility index (Phi) is 61.1. The molecule has 0 aliphatic rings. The summed E-state index contributed by atoms with van der Waals surface area (Å²) in [6, 6.07) is 0. The van der Waals surface area contributed by atoms with Gasteiger partial charge in [0.15, 0.2) is 6.10 Å². The molecule has 0 aliphatic heterocycles. The molecule has 0 aromatic rings. The highest BCUT2D eigenvalue weighted by molar-refractivity contribution is 5.71. The van der Waals surface area contributed by atoms with Crippen LogP contribution in [0, 0.1) is 0 Å². The van der Waals surface area contributed by atoms with E-state index in [9.17, 15) is 14.4 Å². The van der Waals surface area contributed by atoms with E-state index in [-0.39, 0.29) is 31.1 Å². The van der Waals surface area contributed by atoms with E-state index < -0.39 is 6.10 Å². The first-order valence-electron chi connectivity index (χ1n) is 33.2. The van der Waals surface area contributed by atoms with Gasteiger partial charge in [-0.1, -0.05) is 328 Å². The van der Waals surface area contributed by atoms with Crippen molar-refractivity contribution in [2.45, 2.75) is 386 Å². The first kappa shape index (κ1) is 71.2. The smallest absolute Gasteiger partial charge is 0.306 e. The number of ether oxygens (including phenoxy) is 3. The molecule has 0 bridgehead atoms. The Hall–Kier alpha value is -1.85. The molecule has 0 rings (SSSR count). The van der Waals surface area contributed by atoms with Gasteiger partial charge in [-0.3, -0.25) is 14.4 Å². The Balaban J connectivity index is 4.26. The van der Waals surface area contributed by atoms with Crippen LogP contribution in [0.4, 0.5) is 0 Å². The lowest BCUT2D eigenvalue weighted by Gasteiger charge is -2.18. The van der Waals surface area contributed by atoms with Crippen molar-refractivity contribution in [3.63, 3.8) is 0 Å². The molecule has 73 heavy (non-hydrogen) atoms. The van der Waals surface area contributed by atoms with E-state index in [1.54, 1.807) is 0 Å². The number of hydrogen-bond donors (Lipinski definition) is 0. The minimum atomic E-state index is -0.769. The van der Waals surface area contributed by atoms with Gasteiger partial charge in [0, 0.05) is 19.3 Å². The summed E-state index contributed by atoms with van der Waals surface area (Å²) in [5.41, 5.74) is 0. The molecule has 0 radical (unpaired) electrons. The average molecular weight is 1030 g/mol.